The molecule has 0 unspecified atom stereocenters. The van der Waals surface area contributed by atoms with Gasteiger partial charge in [0.05, 0.1) is 18.3 Å². The van der Waals surface area contributed by atoms with Crippen molar-refractivity contribution >= 4 is 5.97 Å². The van der Waals surface area contributed by atoms with Crippen LogP contribution < -0.4 is 14.2 Å². The third-order valence-corrected chi connectivity index (χ3v) is 6.14. The second-order valence-corrected chi connectivity index (χ2v) is 9.30. The van der Waals surface area contributed by atoms with Crippen molar-refractivity contribution in [3.8, 4) is 28.4 Å². The highest BCUT2D eigenvalue weighted by molar-refractivity contribution is 5.91. The molecule has 0 amide bonds. The SMILES string of the molecule is CCCCCCCCOc1ccc(OC(=O)c2ccc(-c3ccc(O[C@H](C)CCC)cc3)cc2)cc1. The van der Waals surface area contributed by atoms with Crippen LogP contribution in [0.1, 0.15) is 82.5 Å². The number of rotatable bonds is 15. The van der Waals surface area contributed by atoms with E-state index in [4.69, 9.17) is 14.2 Å². The summed E-state index contributed by atoms with van der Waals surface area (Å²) in [4.78, 5) is 12.6. The number of benzene rings is 3. The minimum absolute atomic E-state index is 0.208. The van der Waals surface area contributed by atoms with Gasteiger partial charge < -0.3 is 14.2 Å². The number of unbranched alkanes of at least 4 members (excludes halogenated alkanes) is 5. The van der Waals surface area contributed by atoms with Crippen LogP contribution in [0.4, 0.5) is 0 Å². The van der Waals surface area contributed by atoms with Gasteiger partial charge in [-0.15, -0.1) is 0 Å². The molecule has 192 valence electrons. The van der Waals surface area contributed by atoms with Gasteiger partial charge in [-0.25, -0.2) is 4.79 Å². The first-order valence-corrected chi connectivity index (χ1v) is 13.4. The Morgan fingerprint density at radius 2 is 1.22 bits per heavy atom. The van der Waals surface area contributed by atoms with Crippen LogP contribution in [-0.4, -0.2) is 18.7 Å². The fraction of sp³-hybridized carbons (Fsp3) is 0.406. The standard InChI is InChI=1S/C32H40O4/c1-4-6-7-8-9-10-24-34-29-20-22-31(23-21-29)36-32(33)28-14-12-26(13-15-28)27-16-18-30(19-17-27)35-25(3)11-5-2/h12-23,25H,4-11,24H2,1-3H3/t25-/m1/s1. The lowest BCUT2D eigenvalue weighted by Gasteiger charge is -2.14. The lowest BCUT2D eigenvalue weighted by molar-refractivity contribution is 0.0734. The average Bonchev–Trinajstić information content (AvgIpc) is 2.90. The van der Waals surface area contributed by atoms with Gasteiger partial charge in [0.15, 0.2) is 0 Å². The van der Waals surface area contributed by atoms with Gasteiger partial charge in [-0.05, 0) is 79.4 Å². The fourth-order valence-corrected chi connectivity index (χ4v) is 4.06. The molecule has 0 aliphatic rings. The van der Waals surface area contributed by atoms with Crippen molar-refractivity contribution in [1.82, 2.24) is 0 Å². The molecule has 0 aromatic heterocycles. The Morgan fingerprint density at radius 3 is 1.86 bits per heavy atom. The van der Waals surface area contributed by atoms with E-state index in [9.17, 15) is 4.79 Å². The van der Waals surface area contributed by atoms with Crippen molar-refractivity contribution in [2.75, 3.05) is 6.61 Å². The molecule has 1 atom stereocenters. The van der Waals surface area contributed by atoms with E-state index < -0.39 is 0 Å². The molecule has 0 heterocycles. The number of carbonyl (C=O) groups is 1. The van der Waals surface area contributed by atoms with Gasteiger partial charge >= 0.3 is 5.97 Å². The number of hydrogen-bond acceptors (Lipinski definition) is 4. The Labute approximate surface area is 216 Å². The van der Waals surface area contributed by atoms with Crippen molar-refractivity contribution in [2.24, 2.45) is 0 Å². The molecule has 36 heavy (non-hydrogen) atoms. The Hall–Kier alpha value is -3.27. The molecule has 0 saturated carbocycles. The Kier molecular flexibility index (Phi) is 11.4. The Morgan fingerprint density at radius 1 is 0.667 bits per heavy atom. The molecule has 0 aliphatic heterocycles. The average molecular weight is 489 g/mol. The van der Waals surface area contributed by atoms with Gasteiger partial charge in [0, 0.05) is 0 Å². The maximum atomic E-state index is 12.6. The zero-order chi connectivity index (χ0) is 25.6. The molecule has 4 nitrogen and oxygen atoms in total. The second-order valence-electron chi connectivity index (χ2n) is 9.30. The van der Waals surface area contributed by atoms with Crippen LogP contribution in [0.5, 0.6) is 17.2 Å². The first-order valence-electron chi connectivity index (χ1n) is 13.4. The van der Waals surface area contributed by atoms with Gasteiger partial charge in [0.2, 0.25) is 0 Å². The van der Waals surface area contributed by atoms with E-state index >= 15 is 0 Å². The summed E-state index contributed by atoms with van der Waals surface area (Å²) in [5.74, 6) is 1.79. The van der Waals surface area contributed by atoms with Crippen molar-refractivity contribution in [1.29, 1.82) is 0 Å². The topological polar surface area (TPSA) is 44.8 Å². The Balaban J connectivity index is 1.46. The first kappa shape index (κ1) is 27.3. The van der Waals surface area contributed by atoms with E-state index in [-0.39, 0.29) is 12.1 Å². The largest absolute Gasteiger partial charge is 0.494 e. The van der Waals surface area contributed by atoms with Crippen molar-refractivity contribution in [3.63, 3.8) is 0 Å². The highest BCUT2D eigenvalue weighted by atomic mass is 16.5. The van der Waals surface area contributed by atoms with Crippen LogP contribution in [0, 0.1) is 0 Å². The van der Waals surface area contributed by atoms with Crippen molar-refractivity contribution in [2.45, 2.75) is 78.2 Å². The maximum Gasteiger partial charge on any atom is 0.343 e. The van der Waals surface area contributed by atoms with Crippen LogP contribution in [0.25, 0.3) is 11.1 Å². The number of ether oxygens (including phenoxy) is 3. The van der Waals surface area contributed by atoms with Gasteiger partial charge in [-0.3, -0.25) is 0 Å². The van der Waals surface area contributed by atoms with Gasteiger partial charge in [-0.2, -0.15) is 0 Å². The molecule has 3 aromatic carbocycles. The smallest absolute Gasteiger partial charge is 0.343 e. The first-order chi connectivity index (χ1) is 17.6. The van der Waals surface area contributed by atoms with Gasteiger partial charge in [-0.1, -0.05) is 76.6 Å². The third-order valence-electron chi connectivity index (χ3n) is 6.14. The van der Waals surface area contributed by atoms with Crippen LogP contribution in [-0.2, 0) is 0 Å². The van der Waals surface area contributed by atoms with Crippen LogP contribution >= 0.6 is 0 Å². The minimum atomic E-state index is -0.379. The lowest BCUT2D eigenvalue weighted by Crippen LogP contribution is -2.10. The van der Waals surface area contributed by atoms with Crippen LogP contribution in [0.15, 0.2) is 72.8 Å². The van der Waals surface area contributed by atoms with Crippen LogP contribution in [0.2, 0.25) is 0 Å². The summed E-state index contributed by atoms with van der Waals surface area (Å²) in [5.41, 5.74) is 2.61. The summed E-state index contributed by atoms with van der Waals surface area (Å²) in [6.07, 6.45) is 9.77. The molecule has 0 aliphatic carbocycles. The third kappa shape index (κ3) is 9.07. The second kappa shape index (κ2) is 15.0. The van der Waals surface area contributed by atoms with Gasteiger partial charge in [0.25, 0.3) is 0 Å². The maximum absolute atomic E-state index is 12.6. The van der Waals surface area contributed by atoms with E-state index in [0.29, 0.717) is 17.9 Å². The predicted molar refractivity (Wildman–Crippen MR) is 147 cm³/mol. The molecule has 4 heteroatoms. The summed E-state index contributed by atoms with van der Waals surface area (Å²) in [5, 5.41) is 0. The molecule has 0 spiro atoms. The summed E-state index contributed by atoms with van der Waals surface area (Å²) < 4.78 is 17.3. The summed E-state index contributed by atoms with van der Waals surface area (Å²) >= 11 is 0. The predicted octanol–water partition coefficient (Wildman–Crippen LogP) is 8.88. The van der Waals surface area contributed by atoms with Crippen LogP contribution in [0.3, 0.4) is 0 Å². The molecule has 3 rings (SSSR count). The molecule has 3 aromatic rings. The minimum Gasteiger partial charge on any atom is -0.494 e. The quantitative estimate of drug-likeness (QED) is 0.122. The zero-order valence-corrected chi connectivity index (χ0v) is 22.0. The number of hydrogen-bond donors (Lipinski definition) is 0. The monoisotopic (exact) mass is 488 g/mol. The summed E-state index contributed by atoms with van der Waals surface area (Å²) in [6, 6.07) is 22.8. The molecule has 0 fully saturated rings. The van der Waals surface area contributed by atoms with Crippen molar-refractivity contribution in [3.05, 3.63) is 78.4 Å². The van der Waals surface area contributed by atoms with Crippen molar-refractivity contribution < 1.29 is 19.0 Å². The number of carbonyl (C=O) groups excluding carboxylic acids is 1. The molecular weight excluding hydrogens is 448 g/mol. The highest BCUT2D eigenvalue weighted by Crippen LogP contribution is 2.25. The molecule has 0 bridgehead atoms. The van der Waals surface area contributed by atoms with E-state index in [1.807, 2.05) is 48.5 Å². The number of esters is 1. The molecule has 0 saturated heterocycles. The van der Waals surface area contributed by atoms with E-state index in [2.05, 4.69) is 20.8 Å². The molecule has 0 N–H and O–H groups in total. The Bertz CT molecular complexity index is 1020. The molecule has 0 radical (unpaired) electrons. The normalized spacial score (nSPS) is 11.6. The zero-order valence-electron chi connectivity index (χ0n) is 22.0. The fourth-order valence-electron chi connectivity index (χ4n) is 4.06. The van der Waals surface area contributed by atoms with Gasteiger partial charge in [0.1, 0.15) is 17.2 Å². The summed E-state index contributed by atoms with van der Waals surface area (Å²) in [7, 11) is 0. The molecular formula is C32H40O4. The van der Waals surface area contributed by atoms with E-state index in [1.165, 1.54) is 32.1 Å². The van der Waals surface area contributed by atoms with E-state index in [0.717, 1.165) is 41.9 Å². The van der Waals surface area contributed by atoms with E-state index in [1.54, 1.807) is 24.3 Å². The highest BCUT2D eigenvalue weighted by Gasteiger charge is 2.10. The summed E-state index contributed by atoms with van der Waals surface area (Å²) in [6.45, 7) is 7.19. The lowest BCUT2D eigenvalue weighted by atomic mass is 10.0.